The standard InChI is InChI=1S/C10H11BrF2N2/c11-9-4-8(1-2-14-9)15-5-7(6-15)3-10(12)13/h1-2,4,7,10H,3,5-6H2. The summed E-state index contributed by atoms with van der Waals surface area (Å²) in [5.41, 5.74) is 1.04. The summed E-state index contributed by atoms with van der Waals surface area (Å²) in [6.07, 6.45) is -0.455. The third kappa shape index (κ3) is 2.65. The molecule has 1 aromatic heterocycles. The molecule has 1 aliphatic heterocycles. The van der Waals surface area contributed by atoms with E-state index < -0.39 is 6.43 Å². The van der Waals surface area contributed by atoms with E-state index in [2.05, 4.69) is 25.8 Å². The summed E-state index contributed by atoms with van der Waals surface area (Å²) in [7, 11) is 0. The molecule has 1 aliphatic rings. The van der Waals surface area contributed by atoms with Gasteiger partial charge in [-0.2, -0.15) is 0 Å². The van der Waals surface area contributed by atoms with Crippen LogP contribution in [0.1, 0.15) is 6.42 Å². The Morgan fingerprint density at radius 2 is 2.27 bits per heavy atom. The molecule has 5 heteroatoms. The lowest BCUT2D eigenvalue weighted by Crippen LogP contribution is -2.47. The Hall–Kier alpha value is -0.710. The van der Waals surface area contributed by atoms with Gasteiger partial charge in [0.15, 0.2) is 0 Å². The van der Waals surface area contributed by atoms with E-state index >= 15 is 0 Å². The van der Waals surface area contributed by atoms with Crippen molar-refractivity contribution in [3.8, 4) is 0 Å². The van der Waals surface area contributed by atoms with Gasteiger partial charge in [0.25, 0.3) is 0 Å². The largest absolute Gasteiger partial charge is 0.371 e. The van der Waals surface area contributed by atoms with Crippen molar-refractivity contribution in [3.63, 3.8) is 0 Å². The lowest BCUT2D eigenvalue weighted by molar-refractivity contribution is 0.107. The summed E-state index contributed by atoms with van der Waals surface area (Å²) in [6.45, 7) is 1.45. The van der Waals surface area contributed by atoms with Crippen LogP contribution < -0.4 is 4.90 Å². The van der Waals surface area contributed by atoms with Gasteiger partial charge < -0.3 is 4.90 Å². The molecule has 1 aromatic rings. The van der Waals surface area contributed by atoms with Crippen molar-refractivity contribution in [1.82, 2.24) is 4.98 Å². The zero-order valence-corrected chi connectivity index (χ0v) is 9.62. The average molecular weight is 277 g/mol. The average Bonchev–Trinajstić information content (AvgIpc) is 2.10. The summed E-state index contributed by atoms with van der Waals surface area (Å²) < 4.78 is 24.9. The SMILES string of the molecule is FC(F)CC1CN(c2ccnc(Br)c2)C1. The predicted molar refractivity (Wildman–Crippen MR) is 58.3 cm³/mol. The van der Waals surface area contributed by atoms with E-state index in [1.54, 1.807) is 6.20 Å². The molecule has 0 unspecified atom stereocenters. The zero-order valence-electron chi connectivity index (χ0n) is 8.04. The second-order valence-corrected chi connectivity index (χ2v) is 4.55. The van der Waals surface area contributed by atoms with Crippen LogP contribution in [0.25, 0.3) is 0 Å². The topological polar surface area (TPSA) is 16.1 Å². The minimum atomic E-state index is -2.18. The van der Waals surface area contributed by atoms with Crippen LogP contribution in [0.3, 0.4) is 0 Å². The molecule has 2 rings (SSSR count). The van der Waals surface area contributed by atoms with Gasteiger partial charge in [-0.25, -0.2) is 13.8 Å². The zero-order chi connectivity index (χ0) is 10.8. The fourth-order valence-electron chi connectivity index (χ4n) is 1.77. The maximum Gasteiger partial charge on any atom is 0.239 e. The van der Waals surface area contributed by atoms with E-state index in [0.29, 0.717) is 0 Å². The first-order valence-corrected chi connectivity index (χ1v) is 5.59. The smallest absolute Gasteiger partial charge is 0.239 e. The van der Waals surface area contributed by atoms with Gasteiger partial charge in [-0.05, 0) is 34.0 Å². The molecule has 0 atom stereocenters. The summed E-state index contributed by atoms with van der Waals surface area (Å²) in [5, 5.41) is 0. The molecule has 1 saturated heterocycles. The van der Waals surface area contributed by atoms with Crippen LogP contribution in [-0.2, 0) is 0 Å². The van der Waals surface area contributed by atoms with E-state index in [1.165, 1.54) is 0 Å². The molecular weight excluding hydrogens is 266 g/mol. The lowest BCUT2D eigenvalue weighted by atomic mass is 9.96. The molecule has 1 fully saturated rings. The molecule has 2 nitrogen and oxygen atoms in total. The van der Waals surface area contributed by atoms with Crippen molar-refractivity contribution < 1.29 is 8.78 Å². The highest BCUT2D eigenvalue weighted by Gasteiger charge is 2.29. The molecule has 0 spiro atoms. The normalized spacial score (nSPS) is 16.9. The van der Waals surface area contributed by atoms with Crippen LogP contribution in [-0.4, -0.2) is 24.5 Å². The van der Waals surface area contributed by atoms with Gasteiger partial charge in [-0.15, -0.1) is 0 Å². The predicted octanol–water partition coefficient (Wildman–Crippen LogP) is 2.94. The minimum absolute atomic E-state index is 0.0166. The molecule has 15 heavy (non-hydrogen) atoms. The monoisotopic (exact) mass is 276 g/mol. The maximum atomic E-state index is 12.1. The Bertz CT molecular complexity index is 340. The first kappa shape index (κ1) is 10.8. The van der Waals surface area contributed by atoms with E-state index in [0.717, 1.165) is 23.4 Å². The summed E-state index contributed by atoms with van der Waals surface area (Å²) in [4.78, 5) is 6.10. The fraction of sp³-hybridized carbons (Fsp3) is 0.500. The Morgan fingerprint density at radius 3 is 2.87 bits per heavy atom. The number of hydrogen-bond donors (Lipinski definition) is 0. The van der Waals surface area contributed by atoms with Gasteiger partial charge in [0, 0.05) is 31.4 Å². The highest BCUT2D eigenvalue weighted by atomic mass is 79.9. The first-order chi connectivity index (χ1) is 7.15. The minimum Gasteiger partial charge on any atom is -0.371 e. The van der Waals surface area contributed by atoms with Crippen LogP contribution >= 0.6 is 15.9 Å². The number of pyridine rings is 1. The van der Waals surface area contributed by atoms with Gasteiger partial charge in [0.05, 0.1) is 0 Å². The van der Waals surface area contributed by atoms with Crippen LogP contribution in [0.15, 0.2) is 22.9 Å². The maximum absolute atomic E-state index is 12.1. The summed E-state index contributed by atoms with van der Waals surface area (Å²) in [6, 6.07) is 3.79. The molecular formula is C10H11BrF2N2. The number of halogens is 3. The van der Waals surface area contributed by atoms with Crippen molar-refractivity contribution in [2.45, 2.75) is 12.8 Å². The van der Waals surface area contributed by atoms with E-state index in [4.69, 9.17) is 0 Å². The van der Waals surface area contributed by atoms with E-state index in [1.807, 2.05) is 12.1 Å². The number of hydrogen-bond acceptors (Lipinski definition) is 2. The second kappa shape index (κ2) is 4.43. The molecule has 0 amide bonds. The van der Waals surface area contributed by atoms with Gasteiger partial charge in [-0.3, -0.25) is 0 Å². The summed E-state index contributed by atoms with van der Waals surface area (Å²) in [5.74, 6) is 0.136. The van der Waals surface area contributed by atoms with E-state index in [9.17, 15) is 8.78 Å². The van der Waals surface area contributed by atoms with Crippen molar-refractivity contribution >= 4 is 21.6 Å². The summed E-state index contributed by atoms with van der Waals surface area (Å²) >= 11 is 3.28. The molecule has 0 saturated carbocycles. The number of alkyl halides is 2. The lowest BCUT2D eigenvalue weighted by Gasteiger charge is -2.41. The number of nitrogens with zero attached hydrogens (tertiary/aromatic N) is 2. The highest BCUT2D eigenvalue weighted by molar-refractivity contribution is 9.10. The van der Waals surface area contributed by atoms with Gasteiger partial charge in [0.1, 0.15) is 4.60 Å². The third-order valence-corrected chi connectivity index (χ3v) is 2.98. The first-order valence-electron chi connectivity index (χ1n) is 4.80. The molecule has 82 valence electrons. The number of rotatable bonds is 3. The fourth-order valence-corrected chi connectivity index (χ4v) is 2.12. The van der Waals surface area contributed by atoms with Crippen LogP contribution in [0.2, 0.25) is 0 Å². The number of anilines is 1. The Balaban J connectivity index is 1.89. The van der Waals surface area contributed by atoms with Crippen molar-refractivity contribution in [2.75, 3.05) is 18.0 Å². The highest BCUT2D eigenvalue weighted by Crippen LogP contribution is 2.28. The van der Waals surface area contributed by atoms with Crippen LogP contribution in [0.4, 0.5) is 14.5 Å². The molecule has 0 bridgehead atoms. The van der Waals surface area contributed by atoms with Gasteiger partial charge in [0.2, 0.25) is 6.43 Å². The molecule has 0 N–H and O–H groups in total. The number of aromatic nitrogens is 1. The van der Waals surface area contributed by atoms with Crippen molar-refractivity contribution in [3.05, 3.63) is 22.9 Å². The van der Waals surface area contributed by atoms with Gasteiger partial charge in [-0.1, -0.05) is 0 Å². The Kier molecular flexibility index (Phi) is 3.19. The quantitative estimate of drug-likeness (QED) is 0.790. The van der Waals surface area contributed by atoms with Crippen molar-refractivity contribution in [2.24, 2.45) is 5.92 Å². The van der Waals surface area contributed by atoms with Crippen LogP contribution in [0.5, 0.6) is 0 Å². The Labute approximate surface area is 95.4 Å². The molecule has 2 heterocycles. The third-order valence-electron chi connectivity index (χ3n) is 2.54. The van der Waals surface area contributed by atoms with E-state index in [-0.39, 0.29) is 12.3 Å². The Morgan fingerprint density at radius 1 is 1.53 bits per heavy atom. The second-order valence-electron chi connectivity index (χ2n) is 3.73. The van der Waals surface area contributed by atoms with Gasteiger partial charge >= 0.3 is 0 Å². The molecule has 0 aromatic carbocycles. The molecule has 0 aliphatic carbocycles. The van der Waals surface area contributed by atoms with Crippen LogP contribution in [0, 0.1) is 5.92 Å². The molecule has 0 radical (unpaired) electrons. The van der Waals surface area contributed by atoms with Crippen molar-refractivity contribution in [1.29, 1.82) is 0 Å².